The number of nitrogens with one attached hydrogen (secondary N) is 1. The maximum absolute atomic E-state index is 12.3. The van der Waals surface area contributed by atoms with Gasteiger partial charge in [-0.15, -0.1) is 0 Å². The molecule has 0 unspecified atom stereocenters. The van der Waals surface area contributed by atoms with Crippen LogP contribution >= 0.6 is 15.5 Å². The van der Waals surface area contributed by atoms with Crippen LogP contribution in [0.2, 0.25) is 0 Å². The van der Waals surface area contributed by atoms with Gasteiger partial charge in [0.15, 0.2) is 0 Å². The van der Waals surface area contributed by atoms with E-state index in [0.29, 0.717) is 11.7 Å². The first-order valence-corrected chi connectivity index (χ1v) is 10.5. The fourth-order valence-corrected chi connectivity index (χ4v) is 4.24. The molecule has 6 heteroatoms. The Balaban J connectivity index is 0.00000338. The molecular formula is C19H21NO3P2. The normalized spacial score (nSPS) is 10.2. The molecule has 0 fully saturated rings. The minimum absolute atomic E-state index is 0. The van der Waals surface area contributed by atoms with Crippen LogP contribution in [0.5, 0.6) is 0 Å². The molecule has 2 aromatic rings. The summed E-state index contributed by atoms with van der Waals surface area (Å²) in [5.74, 6) is -0.184. The fourth-order valence-electron chi connectivity index (χ4n) is 2.18. The van der Waals surface area contributed by atoms with Crippen molar-refractivity contribution >= 4 is 27.1 Å². The van der Waals surface area contributed by atoms with E-state index >= 15 is 0 Å². The van der Waals surface area contributed by atoms with Crippen LogP contribution in [0.1, 0.15) is 24.3 Å². The first kappa shape index (κ1) is 18.7. The second kappa shape index (κ2) is 8.46. The van der Waals surface area contributed by atoms with Gasteiger partial charge in [-0.1, -0.05) is 37.1 Å². The number of hydrogen-bond donors (Lipinski definition) is 1. The summed E-state index contributed by atoms with van der Waals surface area (Å²) in [6.07, 6.45) is 14.9. The SMILES string of the molecule is C#COP(=P)(Cc1ccc(C(=O)Nc2cccc(C)c2)cc1)OC#C.[HH].[HH]. The van der Waals surface area contributed by atoms with Gasteiger partial charge in [0.05, 0.1) is 6.16 Å². The second-order valence-corrected chi connectivity index (χ2v) is 9.34. The van der Waals surface area contributed by atoms with Gasteiger partial charge < -0.3 is 14.4 Å². The number of anilines is 1. The van der Waals surface area contributed by atoms with Crippen LogP contribution < -0.4 is 5.32 Å². The zero-order chi connectivity index (χ0) is 18.3. The molecule has 4 nitrogen and oxygen atoms in total. The van der Waals surface area contributed by atoms with E-state index in [1.807, 2.05) is 31.2 Å². The minimum Gasteiger partial charge on any atom is -0.388 e. The van der Waals surface area contributed by atoms with Gasteiger partial charge in [0.25, 0.3) is 12.9 Å². The molecule has 2 aromatic carbocycles. The van der Waals surface area contributed by atoms with Gasteiger partial charge in [-0.25, -0.2) is 0 Å². The molecule has 0 saturated carbocycles. The lowest BCUT2D eigenvalue weighted by atomic mass is 10.1. The zero-order valence-corrected chi connectivity index (χ0v) is 15.5. The summed E-state index contributed by atoms with van der Waals surface area (Å²) in [5, 5.41) is 2.86. The van der Waals surface area contributed by atoms with Gasteiger partial charge in [-0.05, 0) is 50.8 Å². The van der Waals surface area contributed by atoms with Crippen LogP contribution in [0, 0.1) is 32.0 Å². The number of carbonyl (C=O) groups is 1. The molecule has 130 valence electrons. The van der Waals surface area contributed by atoms with Gasteiger partial charge in [-0.2, -0.15) is 0 Å². The number of hydrogen-bond acceptors (Lipinski definition) is 3. The van der Waals surface area contributed by atoms with E-state index < -0.39 is 7.00 Å². The first-order chi connectivity index (χ1) is 12.0. The van der Waals surface area contributed by atoms with Crippen LogP contribution in [-0.2, 0) is 15.2 Å². The highest BCUT2D eigenvalue weighted by molar-refractivity contribution is 7.92. The van der Waals surface area contributed by atoms with E-state index in [1.165, 1.54) is 0 Å². The van der Waals surface area contributed by atoms with E-state index in [4.69, 9.17) is 21.9 Å². The third kappa shape index (κ3) is 5.44. The Morgan fingerprint density at radius 2 is 1.84 bits per heavy atom. The lowest BCUT2D eigenvalue weighted by Gasteiger charge is -2.17. The smallest absolute Gasteiger partial charge is 0.264 e. The lowest BCUT2D eigenvalue weighted by molar-refractivity contribution is 0.102. The summed E-state index contributed by atoms with van der Waals surface area (Å²) in [6, 6.07) is 14.7. The Morgan fingerprint density at radius 3 is 2.40 bits per heavy atom. The Hall–Kier alpha value is -2.64. The van der Waals surface area contributed by atoms with Gasteiger partial charge in [0.2, 0.25) is 0 Å². The molecule has 0 aliphatic heterocycles. The summed E-state index contributed by atoms with van der Waals surface area (Å²) in [7, 11) is 0.844. The minimum atomic E-state index is -2.56. The Bertz CT molecular complexity index is 882. The van der Waals surface area contributed by atoms with E-state index in [0.717, 1.165) is 16.8 Å². The number of rotatable bonds is 6. The molecule has 1 amide bonds. The van der Waals surface area contributed by atoms with Crippen molar-refractivity contribution in [3.05, 3.63) is 65.2 Å². The monoisotopic (exact) mass is 373 g/mol. The molecule has 25 heavy (non-hydrogen) atoms. The second-order valence-electron chi connectivity index (χ2n) is 5.27. The van der Waals surface area contributed by atoms with Crippen molar-refractivity contribution in [1.29, 1.82) is 0 Å². The average molecular weight is 373 g/mol. The van der Waals surface area contributed by atoms with Crippen LogP contribution in [0.25, 0.3) is 0 Å². The topological polar surface area (TPSA) is 47.6 Å². The molecule has 2 rings (SSSR count). The molecule has 0 radical (unpaired) electrons. The number of benzene rings is 2. The molecule has 0 aliphatic rings. The maximum atomic E-state index is 12.3. The van der Waals surface area contributed by atoms with Crippen LogP contribution in [0.3, 0.4) is 0 Å². The van der Waals surface area contributed by atoms with Crippen molar-refractivity contribution in [1.82, 2.24) is 0 Å². The van der Waals surface area contributed by atoms with Gasteiger partial charge in [0, 0.05) is 14.1 Å². The molecule has 1 N–H and O–H groups in total. The Morgan fingerprint density at radius 1 is 1.20 bits per heavy atom. The quantitative estimate of drug-likeness (QED) is 0.548. The van der Waals surface area contributed by atoms with E-state index in [1.54, 1.807) is 24.3 Å². The zero-order valence-electron chi connectivity index (χ0n) is 13.7. The van der Waals surface area contributed by atoms with Gasteiger partial charge in [0.1, 0.15) is 12.2 Å². The number of amides is 1. The average Bonchev–Trinajstić information content (AvgIpc) is 2.55. The largest absolute Gasteiger partial charge is 0.388 e. The van der Waals surface area contributed by atoms with E-state index in [2.05, 4.69) is 26.1 Å². The third-order valence-electron chi connectivity index (χ3n) is 3.28. The third-order valence-corrected chi connectivity index (χ3v) is 5.89. The van der Waals surface area contributed by atoms with Crippen molar-refractivity contribution in [2.45, 2.75) is 13.1 Å². The summed E-state index contributed by atoms with van der Waals surface area (Å²) >= 11 is 0. The lowest BCUT2D eigenvalue weighted by Crippen LogP contribution is -2.11. The number of carbonyl (C=O) groups excluding carboxylic acids is 1. The predicted octanol–water partition coefficient (Wildman–Crippen LogP) is 5.36. The molecule has 0 saturated heterocycles. The highest BCUT2D eigenvalue weighted by Crippen LogP contribution is 2.56. The van der Waals surface area contributed by atoms with Crippen LogP contribution in [0.15, 0.2) is 48.5 Å². The Labute approximate surface area is 153 Å². The summed E-state index contributed by atoms with van der Waals surface area (Å²) < 4.78 is 10.3. The van der Waals surface area contributed by atoms with Gasteiger partial charge >= 0.3 is 0 Å². The summed E-state index contributed by atoms with van der Waals surface area (Å²) in [4.78, 5) is 12.3. The molecule has 0 aliphatic carbocycles. The summed E-state index contributed by atoms with van der Waals surface area (Å²) in [6.45, 7) is 1.97. The summed E-state index contributed by atoms with van der Waals surface area (Å²) in [5.41, 5.74) is 3.25. The standard InChI is InChI=1S/C19H17NO3P2.2H2/c1-4-22-25(24,23-5-2)14-16-9-11-17(12-10-16)19(21)20-18-8-6-7-15(3)13-18;;/h1-2,6-13,24H,14H2,3H3,(H,20,21);2*1H. The molecule has 0 bridgehead atoms. The van der Waals surface area contributed by atoms with E-state index in [9.17, 15) is 4.79 Å². The molecule has 0 spiro atoms. The highest BCUT2D eigenvalue weighted by Gasteiger charge is 2.19. The van der Waals surface area contributed by atoms with Crippen molar-refractivity contribution in [2.75, 3.05) is 5.32 Å². The molecule has 0 atom stereocenters. The van der Waals surface area contributed by atoms with Crippen molar-refractivity contribution in [3.8, 4) is 25.1 Å². The molecule has 0 aromatic heterocycles. The van der Waals surface area contributed by atoms with Crippen LogP contribution in [-0.4, -0.2) is 5.91 Å². The highest BCUT2D eigenvalue weighted by atomic mass is 31.8. The van der Waals surface area contributed by atoms with Crippen molar-refractivity contribution < 1.29 is 16.7 Å². The fraction of sp³-hybridized carbons (Fsp3) is 0.105. The van der Waals surface area contributed by atoms with E-state index in [-0.39, 0.29) is 8.76 Å². The van der Waals surface area contributed by atoms with Crippen molar-refractivity contribution in [2.24, 2.45) is 0 Å². The number of terminal acetylenes is 2. The molecular weight excluding hydrogens is 352 g/mol. The van der Waals surface area contributed by atoms with Crippen molar-refractivity contribution in [3.63, 3.8) is 0 Å². The predicted molar refractivity (Wildman–Crippen MR) is 109 cm³/mol. The van der Waals surface area contributed by atoms with Crippen LogP contribution in [0.4, 0.5) is 5.69 Å². The number of aryl methyl sites for hydroxylation is 1. The van der Waals surface area contributed by atoms with Gasteiger partial charge in [-0.3, -0.25) is 4.79 Å². The maximum Gasteiger partial charge on any atom is 0.264 e. The molecule has 0 heterocycles. The first-order valence-electron chi connectivity index (χ1n) is 7.34. The Kier molecular flexibility index (Phi) is 6.32.